The van der Waals surface area contributed by atoms with Crippen molar-refractivity contribution in [3.63, 3.8) is 0 Å². The largest absolute Gasteiger partial charge is 0.488 e. The zero-order valence-electron chi connectivity index (χ0n) is 20.7. The van der Waals surface area contributed by atoms with E-state index in [2.05, 4.69) is 147 Å². The standard InChI is InChI=1S/C27H30Br6O4/c1-5-7-34-19(13-28)15-36-25-21(30)9-17(10-22(25)31)27(3,4)18-11-23(32)26(24(33)12-18)37-16-20(14-29)35-8-6-2/h5-6,9-12,19-20H,1-2,7-8,13-16H2,3-4H3. The minimum Gasteiger partial charge on any atom is -0.488 e. The first kappa shape index (κ1) is 33.5. The fourth-order valence-electron chi connectivity index (χ4n) is 3.32. The summed E-state index contributed by atoms with van der Waals surface area (Å²) in [5.41, 5.74) is 1.91. The summed E-state index contributed by atoms with van der Waals surface area (Å²) in [4.78, 5) is 0. The van der Waals surface area contributed by atoms with Gasteiger partial charge in [0.05, 0.1) is 31.1 Å². The third-order valence-electron chi connectivity index (χ3n) is 5.51. The first-order valence-electron chi connectivity index (χ1n) is 11.4. The van der Waals surface area contributed by atoms with Crippen molar-refractivity contribution in [3.8, 4) is 11.5 Å². The molecule has 37 heavy (non-hydrogen) atoms. The summed E-state index contributed by atoms with van der Waals surface area (Å²) in [6, 6.07) is 8.38. The van der Waals surface area contributed by atoms with Crippen molar-refractivity contribution in [3.05, 3.63) is 78.6 Å². The van der Waals surface area contributed by atoms with E-state index in [-0.39, 0.29) is 17.6 Å². The molecule has 4 nitrogen and oxygen atoms in total. The second-order valence-corrected chi connectivity index (χ2v) is 13.3. The highest BCUT2D eigenvalue weighted by atomic mass is 79.9. The Hall–Kier alpha value is 0.320. The van der Waals surface area contributed by atoms with Gasteiger partial charge in [0.25, 0.3) is 0 Å². The van der Waals surface area contributed by atoms with Gasteiger partial charge in [-0.05, 0) is 99.1 Å². The molecular weight excluding hydrogens is 868 g/mol. The first-order chi connectivity index (χ1) is 17.6. The lowest BCUT2D eigenvalue weighted by atomic mass is 9.78. The van der Waals surface area contributed by atoms with Gasteiger partial charge >= 0.3 is 0 Å². The predicted octanol–water partition coefficient (Wildman–Crippen LogP) is 9.75. The molecule has 0 radical (unpaired) electrons. The molecule has 0 saturated heterocycles. The van der Waals surface area contributed by atoms with Crippen molar-refractivity contribution in [2.75, 3.05) is 37.1 Å². The molecule has 2 aromatic carbocycles. The lowest BCUT2D eigenvalue weighted by Crippen LogP contribution is -2.24. The van der Waals surface area contributed by atoms with Crippen LogP contribution in [0.25, 0.3) is 0 Å². The lowest BCUT2D eigenvalue weighted by Gasteiger charge is -2.29. The van der Waals surface area contributed by atoms with Crippen molar-refractivity contribution in [2.45, 2.75) is 31.5 Å². The summed E-state index contributed by atoms with van der Waals surface area (Å²) < 4.78 is 27.1. The summed E-state index contributed by atoms with van der Waals surface area (Å²) >= 11 is 21.8. The van der Waals surface area contributed by atoms with Gasteiger partial charge in [-0.25, -0.2) is 0 Å². The number of benzene rings is 2. The Balaban J connectivity index is 2.24. The Labute approximate surface area is 270 Å². The minimum atomic E-state index is -0.315. The van der Waals surface area contributed by atoms with Gasteiger partial charge in [0, 0.05) is 16.1 Å². The zero-order valence-corrected chi connectivity index (χ0v) is 30.2. The number of hydrogen-bond acceptors (Lipinski definition) is 4. The molecule has 2 unspecified atom stereocenters. The van der Waals surface area contributed by atoms with Gasteiger partial charge in [0.1, 0.15) is 36.9 Å². The minimum absolute atomic E-state index is 0.0818. The van der Waals surface area contributed by atoms with Gasteiger partial charge < -0.3 is 18.9 Å². The van der Waals surface area contributed by atoms with E-state index in [1.165, 1.54) is 0 Å². The molecule has 0 spiro atoms. The molecule has 0 N–H and O–H groups in total. The van der Waals surface area contributed by atoms with Crippen LogP contribution in [0, 0.1) is 0 Å². The number of halogens is 6. The average Bonchev–Trinajstić information content (AvgIpc) is 2.86. The normalized spacial score (nSPS) is 13.2. The van der Waals surface area contributed by atoms with Crippen LogP contribution in [0.4, 0.5) is 0 Å². The van der Waals surface area contributed by atoms with Crippen molar-refractivity contribution < 1.29 is 18.9 Å². The van der Waals surface area contributed by atoms with Gasteiger partial charge in [-0.15, -0.1) is 13.2 Å². The quantitative estimate of drug-likeness (QED) is 0.124. The highest BCUT2D eigenvalue weighted by Crippen LogP contribution is 2.44. The monoisotopic (exact) mass is 892 g/mol. The van der Waals surface area contributed by atoms with E-state index < -0.39 is 0 Å². The van der Waals surface area contributed by atoms with E-state index in [1.54, 1.807) is 12.2 Å². The molecule has 0 aromatic heterocycles. The average molecular weight is 898 g/mol. The molecule has 0 amide bonds. The Bertz CT molecular complexity index is 932. The van der Waals surface area contributed by atoms with Crippen molar-refractivity contribution in [2.24, 2.45) is 0 Å². The van der Waals surface area contributed by atoms with Crippen LogP contribution in [0.2, 0.25) is 0 Å². The van der Waals surface area contributed by atoms with E-state index in [9.17, 15) is 0 Å². The maximum absolute atomic E-state index is 6.09. The van der Waals surface area contributed by atoms with Gasteiger partial charge in [-0.3, -0.25) is 0 Å². The second kappa shape index (κ2) is 16.6. The molecule has 204 valence electrons. The van der Waals surface area contributed by atoms with Crippen molar-refractivity contribution in [1.82, 2.24) is 0 Å². The SMILES string of the molecule is C=CCOC(CBr)COc1c(Br)cc(C(C)(C)c2cc(Br)c(OCC(CBr)OCC=C)c(Br)c2)cc1Br. The van der Waals surface area contributed by atoms with Crippen molar-refractivity contribution >= 4 is 95.6 Å². The smallest absolute Gasteiger partial charge is 0.147 e. The van der Waals surface area contributed by atoms with Gasteiger partial charge in [-0.2, -0.15) is 0 Å². The summed E-state index contributed by atoms with van der Waals surface area (Å²) in [5, 5.41) is 1.34. The van der Waals surface area contributed by atoms with Crippen LogP contribution >= 0.6 is 95.6 Å². The Morgan fingerprint density at radius 2 is 1.03 bits per heavy atom. The molecule has 0 saturated carbocycles. The number of rotatable bonds is 16. The maximum Gasteiger partial charge on any atom is 0.147 e. The first-order valence-corrected chi connectivity index (χ1v) is 16.8. The molecule has 0 fully saturated rings. The third kappa shape index (κ3) is 9.73. The van der Waals surface area contributed by atoms with Crippen LogP contribution in [0.1, 0.15) is 25.0 Å². The van der Waals surface area contributed by atoms with Crippen LogP contribution in [0.5, 0.6) is 11.5 Å². The summed E-state index contributed by atoms with van der Waals surface area (Å²) in [7, 11) is 0. The molecule has 2 atom stereocenters. The highest BCUT2D eigenvalue weighted by molar-refractivity contribution is 9.11. The van der Waals surface area contributed by atoms with Crippen LogP contribution in [-0.2, 0) is 14.9 Å². The van der Waals surface area contributed by atoms with Gasteiger partial charge in [0.2, 0.25) is 0 Å². The van der Waals surface area contributed by atoms with E-state index in [0.29, 0.717) is 37.1 Å². The number of ether oxygens (including phenoxy) is 4. The van der Waals surface area contributed by atoms with Crippen LogP contribution in [0.3, 0.4) is 0 Å². The fraction of sp³-hybridized carbons (Fsp3) is 0.407. The molecule has 2 aromatic rings. The Kier molecular flexibility index (Phi) is 15.0. The third-order valence-corrected chi connectivity index (χ3v) is 9.31. The summed E-state index contributed by atoms with van der Waals surface area (Å²) in [6.07, 6.45) is 3.29. The predicted molar refractivity (Wildman–Crippen MR) is 174 cm³/mol. The van der Waals surface area contributed by atoms with Gasteiger partial charge in [-0.1, -0.05) is 57.9 Å². The molecule has 0 aliphatic heterocycles. The highest BCUT2D eigenvalue weighted by Gasteiger charge is 2.28. The fourth-order valence-corrected chi connectivity index (χ4v) is 6.90. The molecule has 0 aliphatic rings. The zero-order chi connectivity index (χ0) is 27.6. The molecule has 0 bridgehead atoms. The molecule has 2 rings (SSSR count). The molecule has 0 aliphatic carbocycles. The van der Waals surface area contributed by atoms with Crippen molar-refractivity contribution in [1.29, 1.82) is 0 Å². The summed E-state index contributed by atoms with van der Waals surface area (Å²) in [6.45, 7) is 13.5. The van der Waals surface area contributed by atoms with Gasteiger partial charge in [0.15, 0.2) is 0 Å². The Morgan fingerprint density at radius 1 is 0.703 bits per heavy atom. The molecule has 0 heterocycles. The molecule has 10 heteroatoms. The molecular formula is C27H30Br6O4. The van der Waals surface area contributed by atoms with Crippen LogP contribution in [0.15, 0.2) is 67.5 Å². The maximum atomic E-state index is 6.09. The summed E-state index contributed by atoms with van der Waals surface area (Å²) in [5.74, 6) is 1.47. The topological polar surface area (TPSA) is 36.9 Å². The number of hydrogen-bond donors (Lipinski definition) is 0. The van der Waals surface area contributed by atoms with E-state index >= 15 is 0 Å². The van der Waals surface area contributed by atoms with E-state index in [4.69, 9.17) is 18.9 Å². The lowest BCUT2D eigenvalue weighted by molar-refractivity contribution is 0.0529. The van der Waals surface area contributed by atoms with Crippen LogP contribution in [-0.4, -0.2) is 49.3 Å². The Morgan fingerprint density at radius 3 is 1.30 bits per heavy atom. The number of alkyl halides is 2. The second-order valence-electron chi connectivity index (χ2n) is 8.58. The van der Waals surface area contributed by atoms with Crippen LogP contribution < -0.4 is 9.47 Å². The van der Waals surface area contributed by atoms with E-state index in [1.807, 2.05) is 0 Å². The van der Waals surface area contributed by atoms with E-state index in [0.717, 1.165) is 40.5 Å².